The highest BCUT2D eigenvalue weighted by Gasteiger charge is 2.12. The molecule has 0 amide bonds. The molecule has 0 radical (unpaired) electrons. The summed E-state index contributed by atoms with van der Waals surface area (Å²) in [6.07, 6.45) is 0. The fourth-order valence-corrected chi connectivity index (χ4v) is 1.48. The number of hydrogen-bond acceptors (Lipinski definition) is 3. The van der Waals surface area contributed by atoms with Gasteiger partial charge in [0.2, 0.25) is 0 Å². The molecule has 0 aliphatic heterocycles. The second kappa shape index (κ2) is 4.25. The molecule has 0 unspecified atom stereocenters. The van der Waals surface area contributed by atoms with Gasteiger partial charge >= 0.3 is 0 Å². The highest BCUT2D eigenvalue weighted by atomic mass is 79.9. The van der Waals surface area contributed by atoms with E-state index in [1.165, 1.54) is 12.1 Å². The molecule has 14 heavy (non-hydrogen) atoms. The van der Waals surface area contributed by atoms with Crippen molar-refractivity contribution < 1.29 is 9.90 Å². The van der Waals surface area contributed by atoms with Crippen molar-refractivity contribution in [2.75, 3.05) is 5.33 Å². The first-order valence-corrected chi connectivity index (χ1v) is 5.05. The molecule has 3 nitrogen and oxygen atoms in total. The number of benzene rings is 1. The Morgan fingerprint density at radius 1 is 1.64 bits per heavy atom. The summed E-state index contributed by atoms with van der Waals surface area (Å²) in [5, 5.41) is 18.2. The third kappa shape index (κ3) is 1.94. The van der Waals surface area contributed by atoms with Gasteiger partial charge in [-0.15, -0.1) is 0 Å². The van der Waals surface area contributed by atoms with Gasteiger partial charge in [0.1, 0.15) is 5.75 Å². The van der Waals surface area contributed by atoms with Gasteiger partial charge in [-0.25, -0.2) is 0 Å². The highest BCUT2D eigenvalue weighted by molar-refractivity contribution is 9.09. The third-order valence-corrected chi connectivity index (χ3v) is 2.44. The van der Waals surface area contributed by atoms with Gasteiger partial charge in [0.05, 0.1) is 17.0 Å². The van der Waals surface area contributed by atoms with Crippen molar-refractivity contribution in [3.8, 4) is 11.8 Å². The molecule has 0 spiro atoms. The number of ketones is 1. The van der Waals surface area contributed by atoms with Crippen molar-refractivity contribution in [3.05, 3.63) is 28.8 Å². The maximum atomic E-state index is 11.4. The van der Waals surface area contributed by atoms with Crippen LogP contribution in [0.4, 0.5) is 0 Å². The van der Waals surface area contributed by atoms with Crippen LogP contribution in [0.25, 0.3) is 0 Å². The normalized spacial score (nSPS) is 9.50. The number of rotatable bonds is 2. The number of hydrogen-bond donors (Lipinski definition) is 1. The third-order valence-electron chi connectivity index (χ3n) is 1.93. The zero-order chi connectivity index (χ0) is 10.7. The van der Waals surface area contributed by atoms with E-state index in [9.17, 15) is 9.90 Å². The number of phenolic OH excluding ortho intramolecular Hbond substituents is 1. The molecule has 0 aliphatic carbocycles. The summed E-state index contributed by atoms with van der Waals surface area (Å²) in [5.74, 6) is -0.202. The second-order valence-electron chi connectivity index (χ2n) is 2.83. The number of carbonyl (C=O) groups is 1. The van der Waals surface area contributed by atoms with Gasteiger partial charge in [-0.05, 0) is 24.6 Å². The van der Waals surface area contributed by atoms with Crippen molar-refractivity contribution >= 4 is 21.7 Å². The van der Waals surface area contributed by atoms with Crippen LogP contribution in [0.15, 0.2) is 12.1 Å². The molecule has 1 aromatic rings. The van der Waals surface area contributed by atoms with E-state index >= 15 is 0 Å². The van der Waals surface area contributed by atoms with Crippen LogP contribution in [0, 0.1) is 18.3 Å². The second-order valence-corrected chi connectivity index (χ2v) is 3.40. The zero-order valence-corrected chi connectivity index (χ0v) is 9.13. The largest absolute Gasteiger partial charge is 0.508 e. The van der Waals surface area contributed by atoms with Crippen molar-refractivity contribution in [2.45, 2.75) is 6.92 Å². The minimum absolute atomic E-state index is 0.0588. The lowest BCUT2D eigenvalue weighted by Crippen LogP contribution is -2.04. The summed E-state index contributed by atoms with van der Waals surface area (Å²) < 4.78 is 0. The fourth-order valence-electron chi connectivity index (χ4n) is 1.18. The Bertz CT molecular complexity index is 421. The van der Waals surface area contributed by atoms with Crippen LogP contribution < -0.4 is 0 Å². The Morgan fingerprint density at radius 2 is 2.29 bits per heavy atom. The van der Waals surface area contributed by atoms with E-state index in [4.69, 9.17) is 5.26 Å². The van der Waals surface area contributed by atoms with Gasteiger partial charge in [0, 0.05) is 5.56 Å². The molecule has 0 aromatic heterocycles. The van der Waals surface area contributed by atoms with E-state index in [-0.39, 0.29) is 16.9 Å². The summed E-state index contributed by atoms with van der Waals surface area (Å²) in [6.45, 7) is 1.69. The smallest absolute Gasteiger partial charge is 0.173 e. The van der Waals surface area contributed by atoms with Crippen LogP contribution in [0.5, 0.6) is 5.75 Å². The minimum Gasteiger partial charge on any atom is -0.508 e. The summed E-state index contributed by atoms with van der Waals surface area (Å²) >= 11 is 3.04. The summed E-state index contributed by atoms with van der Waals surface area (Å²) in [5.41, 5.74) is 1.32. The molecule has 0 bridgehead atoms. The Kier molecular flexibility index (Phi) is 3.26. The molecule has 0 saturated heterocycles. The maximum absolute atomic E-state index is 11.4. The van der Waals surface area contributed by atoms with Gasteiger partial charge in [0.25, 0.3) is 0 Å². The molecule has 1 aromatic carbocycles. The van der Waals surface area contributed by atoms with Crippen molar-refractivity contribution in [3.63, 3.8) is 0 Å². The molecule has 0 atom stereocenters. The SMILES string of the molecule is Cc1c(C#N)cc(O)cc1C(=O)CBr. The average molecular weight is 254 g/mol. The lowest BCUT2D eigenvalue weighted by molar-refractivity contribution is 0.102. The Hall–Kier alpha value is -1.34. The van der Waals surface area contributed by atoms with Gasteiger partial charge in [-0.3, -0.25) is 4.79 Å². The number of alkyl halides is 1. The first-order chi connectivity index (χ1) is 6.60. The number of nitrogens with zero attached hydrogens (tertiary/aromatic N) is 1. The lowest BCUT2D eigenvalue weighted by atomic mass is 10.00. The van der Waals surface area contributed by atoms with Crippen molar-refractivity contribution in [1.82, 2.24) is 0 Å². The van der Waals surface area contributed by atoms with Crippen LogP contribution in [0.2, 0.25) is 0 Å². The molecule has 0 aliphatic rings. The Balaban J connectivity index is 3.38. The summed E-state index contributed by atoms with van der Waals surface area (Å²) in [6, 6.07) is 4.65. The molecule has 1 N–H and O–H groups in total. The zero-order valence-electron chi connectivity index (χ0n) is 7.54. The Labute approximate surface area is 90.1 Å². The predicted molar refractivity (Wildman–Crippen MR) is 55.7 cm³/mol. The summed E-state index contributed by atoms with van der Waals surface area (Å²) in [4.78, 5) is 11.4. The van der Waals surface area contributed by atoms with Gasteiger partial charge < -0.3 is 5.11 Å². The van der Waals surface area contributed by atoms with E-state index in [0.717, 1.165) is 0 Å². The van der Waals surface area contributed by atoms with Crippen LogP contribution in [-0.2, 0) is 0 Å². The number of Topliss-reactive ketones (excluding diaryl/α,β-unsaturated/α-hetero) is 1. The standard InChI is InChI=1S/C10H8BrNO2/c1-6-7(5-12)2-8(13)3-9(6)10(14)4-11/h2-3,13H,4H2,1H3. The number of nitriles is 1. The Morgan fingerprint density at radius 3 is 2.79 bits per heavy atom. The maximum Gasteiger partial charge on any atom is 0.173 e. The predicted octanol–water partition coefficient (Wildman–Crippen LogP) is 2.15. The quantitative estimate of drug-likeness (QED) is 0.649. The molecule has 0 heterocycles. The van der Waals surface area contributed by atoms with Gasteiger partial charge in [-0.1, -0.05) is 15.9 Å². The van der Waals surface area contributed by atoms with E-state index in [1.807, 2.05) is 6.07 Å². The minimum atomic E-state index is -0.144. The monoisotopic (exact) mass is 253 g/mol. The van der Waals surface area contributed by atoms with Crippen LogP contribution in [0.3, 0.4) is 0 Å². The first-order valence-electron chi connectivity index (χ1n) is 3.93. The molecule has 0 fully saturated rings. The molecule has 0 saturated carbocycles. The van der Waals surface area contributed by atoms with Gasteiger partial charge in [-0.2, -0.15) is 5.26 Å². The molecular weight excluding hydrogens is 246 g/mol. The number of carbonyl (C=O) groups excluding carboxylic acids is 1. The molecule has 1 rings (SSSR count). The topological polar surface area (TPSA) is 61.1 Å². The molecule has 72 valence electrons. The fraction of sp³-hybridized carbons (Fsp3) is 0.200. The number of halogens is 1. The number of phenols is 1. The van der Waals surface area contributed by atoms with Crippen LogP contribution in [-0.4, -0.2) is 16.2 Å². The molecule has 4 heteroatoms. The van der Waals surface area contributed by atoms with E-state index in [0.29, 0.717) is 16.7 Å². The molecular formula is C10H8BrNO2. The van der Waals surface area contributed by atoms with Gasteiger partial charge in [0.15, 0.2) is 5.78 Å². The average Bonchev–Trinajstić information content (AvgIpc) is 2.19. The van der Waals surface area contributed by atoms with E-state index in [2.05, 4.69) is 15.9 Å². The van der Waals surface area contributed by atoms with Crippen molar-refractivity contribution in [2.24, 2.45) is 0 Å². The number of aromatic hydroxyl groups is 1. The van der Waals surface area contributed by atoms with Crippen molar-refractivity contribution in [1.29, 1.82) is 5.26 Å². The van der Waals surface area contributed by atoms with Crippen LogP contribution >= 0.6 is 15.9 Å². The lowest BCUT2D eigenvalue weighted by Gasteiger charge is -2.05. The van der Waals surface area contributed by atoms with E-state index < -0.39 is 0 Å². The van der Waals surface area contributed by atoms with Crippen LogP contribution in [0.1, 0.15) is 21.5 Å². The first kappa shape index (κ1) is 10.7. The van der Waals surface area contributed by atoms with E-state index in [1.54, 1.807) is 6.92 Å². The highest BCUT2D eigenvalue weighted by Crippen LogP contribution is 2.21. The summed E-state index contributed by atoms with van der Waals surface area (Å²) in [7, 11) is 0.